The van der Waals surface area contributed by atoms with Crippen molar-refractivity contribution in [1.82, 2.24) is 10.4 Å². The van der Waals surface area contributed by atoms with Crippen LogP contribution in [0.25, 0.3) is 11.3 Å². The van der Waals surface area contributed by atoms with Gasteiger partial charge < -0.3 is 14.8 Å². The Bertz CT molecular complexity index is 1620. The highest BCUT2D eigenvalue weighted by Crippen LogP contribution is 2.29. The van der Waals surface area contributed by atoms with Crippen LogP contribution in [0.3, 0.4) is 0 Å². The lowest BCUT2D eigenvalue weighted by Gasteiger charge is -2.11. The van der Waals surface area contributed by atoms with Gasteiger partial charge in [-0.1, -0.05) is 54.1 Å². The first kappa shape index (κ1) is 26.9. The number of carbonyl (C=O) groups is 1. The van der Waals surface area contributed by atoms with E-state index in [1.165, 1.54) is 11.3 Å². The van der Waals surface area contributed by atoms with Gasteiger partial charge in [0.2, 0.25) is 0 Å². The van der Waals surface area contributed by atoms with Crippen LogP contribution in [0.1, 0.15) is 21.5 Å². The second-order valence-electron chi connectivity index (χ2n) is 8.63. The number of nitrogens with zero attached hydrogens (tertiary/aromatic N) is 2. The molecule has 0 bridgehead atoms. The second-order valence-corrected chi connectivity index (χ2v) is 9.93. The van der Waals surface area contributed by atoms with E-state index in [1.54, 1.807) is 37.6 Å². The first-order valence-electron chi connectivity index (χ1n) is 12.3. The monoisotopic (exact) mass is 568 g/mol. The van der Waals surface area contributed by atoms with Crippen LogP contribution in [-0.2, 0) is 6.61 Å². The van der Waals surface area contributed by atoms with Crippen LogP contribution in [0.2, 0.25) is 5.02 Å². The number of halogens is 1. The fourth-order valence-electron chi connectivity index (χ4n) is 3.80. The maximum absolute atomic E-state index is 12.6. The van der Waals surface area contributed by atoms with Crippen LogP contribution in [0.15, 0.2) is 108 Å². The molecule has 0 spiro atoms. The molecule has 0 unspecified atom stereocenters. The van der Waals surface area contributed by atoms with E-state index >= 15 is 0 Å². The van der Waals surface area contributed by atoms with Crippen LogP contribution in [0.5, 0.6) is 11.5 Å². The molecule has 0 aliphatic heterocycles. The number of rotatable bonds is 10. The number of nitrogens with one attached hydrogen (secondary N) is 2. The minimum Gasteiger partial charge on any atom is -0.493 e. The lowest BCUT2D eigenvalue weighted by molar-refractivity contribution is 0.0955. The minimum absolute atomic E-state index is 0.319. The Morgan fingerprint density at radius 2 is 1.80 bits per heavy atom. The van der Waals surface area contributed by atoms with Gasteiger partial charge in [0, 0.05) is 27.2 Å². The number of anilines is 2. The normalized spacial score (nSPS) is 10.8. The van der Waals surface area contributed by atoms with Crippen LogP contribution in [0, 0.1) is 0 Å². The number of carbonyl (C=O) groups excluding carboxylic acids is 1. The smallest absolute Gasteiger partial charge is 0.271 e. The third-order valence-electron chi connectivity index (χ3n) is 5.82. The van der Waals surface area contributed by atoms with E-state index in [4.69, 9.17) is 21.1 Å². The Labute approximate surface area is 241 Å². The Morgan fingerprint density at radius 1 is 0.975 bits per heavy atom. The Balaban J connectivity index is 1.16. The summed E-state index contributed by atoms with van der Waals surface area (Å²) in [7, 11) is 1.57. The lowest BCUT2D eigenvalue weighted by atomic mass is 10.1. The average molecular weight is 569 g/mol. The minimum atomic E-state index is -0.319. The van der Waals surface area contributed by atoms with Crippen LogP contribution in [-0.4, -0.2) is 24.2 Å². The number of hydrazone groups is 1. The summed E-state index contributed by atoms with van der Waals surface area (Å²) in [5.74, 6) is 0.824. The number of ether oxygens (including phenoxy) is 2. The number of benzene rings is 4. The van der Waals surface area contributed by atoms with E-state index in [9.17, 15) is 4.79 Å². The molecule has 0 aliphatic rings. The van der Waals surface area contributed by atoms with Gasteiger partial charge in [-0.25, -0.2) is 10.4 Å². The van der Waals surface area contributed by atoms with Gasteiger partial charge in [-0.2, -0.15) is 5.10 Å². The molecule has 1 heterocycles. The second kappa shape index (κ2) is 12.9. The molecule has 40 heavy (non-hydrogen) atoms. The number of methoxy groups -OCH3 is 1. The molecule has 5 aromatic rings. The zero-order chi connectivity index (χ0) is 27.7. The van der Waals surface area contributed by atoms with Crippen molar-refractivity contribution in [3.8, 4) is 22.8 Å². The molecule has 4 aromatic carbocycles. The number of amides is 1. The van der Waals surface area contributed by atoms with E-state index in [0.29, 0.717) is 28.7 Å². The molecule has 0 atom stereocenters. The third kappa shape index (κ3) is 7.05. The summed E-state index contributed by atoms with van der Waals surface area (Å²) >= 11 is 7.56. The van der Waals surface area contributed by atoms with E-state index in [0.717, 1.165) is 33.2 Å². The molecule has 200 valence electrons. The molecular formula is C31H25ClN4O3S. The standard InChI is InChI=1S/C31H25ClN4O3S/c1-38-29-17-21(10-15-28(29)39-19-22-6-5-7-25(32)16-22)18-33-36-30(37)24-13-11-23(12-14-24)27-20-40-31(35-27)34-26-8-3-2-4-9-26/h2-18,20H,19H2,1H3,(H,34,35)(H,36,37)/b33-18-. The molecule has 9 heteroatoms. The first-order chi connectivity index (χ1) is 19.6. The van der Waals surface area contributed by atoms with Crippen LogP contribution < -0.4 is 20.2 Å². The molecule has 0 radical (unpaired) electrons. The highest BCUT2D eigenvalue weighted by atomic mass is 35.5. The Kier molecular flexibility index (Phi) is 8.70. The maximum atomic E-state index is 12.6. The summed E-state index contributed by atoms with van der Waals surface area (Å²) < 4.78 is 11.4. The molecule has 5 rings (SSSR count). The van der Waals surface area contributed by atoms with Gasteiger partial charge >= 0.3 is 0 Å². The van der Waals surface area contributed by atoms with Crippen molar-refractivity contribution in [1.29, 1.82) is 0 Å². The molecule has 1 aromatic heterocycles. The molecule has 0 fully saturated rings. The van der Waals surface area contributed by atoms with E-state index in [-0.39, 0.29) is 5.91 Å². The lowest BCUT2D eigenvalue weighted by Crippen LogP contribution is -2.17. The molecule has 7 nitrogen and oxygen atoms in total. The number of thiazole rings is 1. The zero-order valence-electron chi connectivity index (χ0n) is 21.5. The molecular weight excluding hydrogens is 544 g/mol. The van der Waals surface area contributed by atoms with Gasteiger partial charge in [-0.15, -0.1) is 11.3 Å². The van der Waals surface area contributed by atoms with Gasteiger partial charge in [0.15, 0.2) is 16.6 Å². The van der Waals surface area contributed by atoms with E-state index in [1.807, 2.05) is 78.2 Å². The fourth-order valence-corrected chi connectivity index (χ4v) is 4.76. The largest absolute Gasteiger partial charge is 0.493 e. The highest BCUT2D eigenvalue weighted by Gasteiger charge is 2.09. The van der Waals surface area contributed by atoms with E-state index < -0.39 is 0 Å². The number of hydrogen-bond donors (Lipinski definition) is 2. The molecule has 0 saturated carbocycles. The molecule has 0 aliphatic carbocycles. The number of hydrogen-bond acceptors (Lipinski definition) is 7. The predicted octanol–water partition coefficient (Wildman–Crippen LogP) is 7.56. The van der Waals surface area contributed by atoms with Crippen molar-refractivity contribution in [3.05, 3.63) is 124 Å². The fraction of sp³-hybridized carbons (Fsp3) is 0.0645. The number of aromatic nitrogens is 1. The zero-order valence-corrected chi connectivity index (χ0v) is 23.1. The first-order valence-corrected chi connectivity index (χ1v) is 13.6. The highest BCUT2D eigenvalue weighted by molar-refractivity contribution is 7.14. The summed E-state index contributed by atoms with van der Waals surface area (Å²) in [6.07, 6.45) is 1.55. The molecule has 2 N–H and O–H groups in total. The van der Waals surface area contributed by atoms with Crippen molar-refractivity contribution in [2.75, 3.05) is 12.4 Å². The van der Waals surface area contributed by atoms with Gasteiger partial charge in [-0.05, 0) is 65.7 Å². The quantitative estimate of drug-likeness (QED) is 0.134. The summed E-state index contributed by atoms with van der Waals surface area (Å²) in [6, 6.07) is 30.0. The third-order valence-corrected chi connectivity index (χ3v) is 6.82. The predicted molar refractivity (Wildman–Crippen MR) is 161 cm³/mol. The van der Waals surface area contributed by atoms with Gasteiger partial charge in [0.25, 0.3) is 5.91 Å². The summed E-state index contributed by atoms with van der Waals surface area (Å²) in [6.45, 7) is 0.355. The van der Waals surface area contributed by atoms with Gasteiger partial charge in [-0.3, -0.25) is 4.79 Å². The Hall–Kier alpha value is -4.66. The van der Waals surface area contributed by atoms with E-state index in [2.05, 4.69) is 20.8 Å². The SMILES string of the molecule is COc1cc(/C=N\NC(=O)c2ccc(-c3csc(Nc4ccccc4)n3)cc2)ccc1OCc1cccc(Cl)c1. The van der Waals surface area contributed by atoms with Crippen molar-refractivity contribution in [2.45, 2.75) is 6.61 Å². The number of para-hydroxylation sites is 1. The average Bonchev–Trinajstić information content (AvgIpc) is 3.45. The summed E-state index contributed by atoms with van der Waals surface area (Å²) in [4.78, 5) is 17.3. The van der Waals surface area contributed by atoms with Crippen LogP contribution in [0.4, 0.5) is 10.8 Å². The molecule has 1 amide bonds. The van der Waals surface area contributed by atoms with Gasteiger partial charge in [0.05, 0.1) is 19.0 Å². The van der Waals surface area contributed by atoms with Crippen molar-refractivity contribution in [2.24, 2.45) is 5.10 Å². The summed E-state index contributed by atoms with van der Waals surface area (Å²) in [5.41, 5.74) is 7.48. The topological polar surface area (TPSA) is 84.8 Å². The maximum Gasteiger partial charge on any atom is 0.271 e. The van der Waals surface area contributed by atoms with Crippen LogP contribution >= 0.6 is 22.9 Å². The summed E-state index contributed by atoms with van der Waals surface area (Å²) in [5, 5.41) is 10.8. The van der Waals surface area contributed by atoms with Crippen molar-refractivity contribution >= 4 is 45.9 Å². The van der Waals surface area contributed by atoms with Crippen molar-refractivity contribution in [3.63, 3.8) is 0 Å². The Morgan fingerprint density at radius 3 is 2.58 bits per heavy atom. The van der Waals surface area contributed by atoms with Gasteiger partial charge in [0.1, 0.15) is 6.61 Å². The molecule has 0 saturated heterocycles. The van der Waals surface area contributed by atoms with Crippen molar-refractivity contribution < 1.29 is 14.3 Å².